The van der Waals surface area contributed by atoms with Crippen molar-refractivity contribution in [2.75, 3.05) is 0 Å². The lowest BCUT2D eigenvalue weighted by molar-refractivity contribution is -0.0441. The Morgan fingerprint density at radius 2 is 1.62 bits per heavy atom. The summed E-state index contributed by atoms with van der Waals surface area (Å²) in [5, 5.41) is 0.741. The molecule has 0 N–H and O–H groups in total. The Morgan fingerprint density at radius 3 is 2.07 bits per heavy atom. The van der Waals surface area contributed by atoms with E-state index in [1.54, 1.807) is 0 Å². The van der Waals surface area contributed by atoms with Gasteiger partial charge in [0.1, 0.15) is 5.82 Å². The third-order valence-corrected chi connectivity index (χ3v) is 12.7. The molecule has 2 bridgehead atoms. The lowest BCUT2D eigenvalue weighted by Gasteiger charge is -2.35. The van der Waals surface area contributed by atoms with Gasteiger partial charge in [0.2, 0.25) is 0 Å². The summed E-state index contributed by atoms with van der Waals surface area (Å²) in [6, 6.07) is 5.87. The monoisotopic (exact) mass is 460 g/mol. The minimum atomic E-state index is -1.88. The average Bonchev–Trinajstić information content (AvgIpc) is 3.18. The highest BCUT2D eigenvalue weighted by atomic mass is 35.5. The summed E-state index contributed by atoms with van der Waals surface area (Å²) in [5.74, 6) is -0.407. The van der Waals surface area contributed by atoms with E-state index in [4.69, 9.17) is 32.4 Å². The quantitative estimate of drug-likeness (QED) is 0.325. The van der Waals surface area contributed by atoms with Crippen LogP contribution >= 0.6 is 23.2 Å². The molecule has 6 heteroatoms. The van der Waals surface area contributed by atoms with Crippen LogP contribution in [-0.2, 0) is 9.16 Å². The Labute approximate surface area is 186 Å². The van der Waals surface area contributed by atoms with E-state index in [-0.39, 0.29) is 17.3 Å². The Balaban J connectivity index is 1.78. The zero-order valence-electron chi connectivity index (χ0n) is 18.3. The van der Waals surface area contributed by atoms with E-state index in [2.05, 4.69) is 27.7 Å². The van der Waals surface area contributed by atoms with Crippen LogP contribution in [0.3, 0.4) is 0 Å². The van der Waals surface area contributed by atoms with Crippen molar-refractivity contribution in [2.45, 2.75) is 108 Å². The van der Waals surface area contributed by atoms with Gasteiger partial charge >= 0.3 is 0 Å². The average molecular weight is 462 g/mol. The Morgan fingerprint density at radius 1 is 1.07 bits per heavy atom. The van der Waals surface area contributed by atoms with Crippen LogP contribution in [0, 0.1) is 5.82 Å². The van der Waals surface area contributed by atoms with Gasteiger partial charge in [0, 0.05) is 5.56 Å². The van der Waals surface area contributed by atoms with Gasteiger partial charge in [-0.1, -0.05) is 44.0 Å². The first-order chi connectivity index (χ1) is 13.7. The normalized spacial score (nSPS) is 27.6. The number of hydrogen-bond donors (Lipinski definition) is 0. The molecule has 2 nitrogen and oxygen atoms in total. The molecule has 1 atom stereocenters. The van der Waals surface area contributed by atoms with Crippen LogP contribution in [0.25, 0.3) is 0 Å². The molecule has 2 aliphatic heterocycles. The minimum absolute atomic E-state index is 0.0461. The van der Waals surface area contributed by atoms with Gasteiger partial charge in [-0.25, -0.2) is 4.39 Å². The molecule has 0 saturated carbocycles. The number of ether oxygens (including phenoxy) is 1. The number of benzene rings is 1. The fraction of sp³-hybridized carbons (Fsp3) is 0.739. The van der Waals surface area contributed by atoms with E-state index >= 15 is 0 Å². The number of fused-ring (bicyclic) bond motifs is 2. The predicted molar refractivity (Wildman–Crippen MR) is 122 cm³/mol. The highest BCUT2D eigenvalue weighted by Gasteiger charge is 2.52. The van der Waals surface area contributed by atoms with Crippen LogP contribution < -0.4 is 0 Å². The minimum Gasteiger partial charge on any atom is -0.410 e. The molecule has 2 saturated heterocycles. The number of rotatable bonds is 10. The van der Waals surface area contributed by atoms with Crippen LogP contribution in [0.5, 0.6) is 0 Å². The third kappa shape index (κ3) is 5.03. The van der Waals surface area contributed by atoms with Gasteiger partial charge in [-0.15, -0.1) is 0 Å². The van der Waals surface area contributed by atoms with E-state index in [1.807, 2.05) is 0 Å². The molecular weight excluding hydrogens is 426 g/mol. The summed E-state index contributed by atoms with van der Waals surface area (Å²) in [4.78, 5) is 0. The molecule has 2 aliphatic rings. The molecule has 1 aromatic carbocycles. The van der Waals surface area contributed by atoms with Crippen molar-refractivity contribution in [3.05, 3.63) is 33.6 Å². The standard InChI is InChI=1S/C23H35Cl2FO2Si/c1-5-29(6-2,7-3)27-20(21-18(24)15-17(26)16-19(21)25)9-8-10-23-13-11-22(4,28-23)12-14-23/h15-16,20H,5-14H2,1-4H3. The first kappa shape index (κ1) is 23.5. The van der Waals surface area contributed by atoms with Gasteiger partial charge in [-0.05, 0) is 82.1 Å². The highest BCUT2D eigenvalue weighted by molar-refractivity contribution is 6.73. The van der Waals surface area contributed by atoms with Crippen molar-refractivity contribution in [3.63, 3.8) is 0 Å². The van der Waals surface area contributed by atoms with Crippen molar-refractivity contribution in [3.8, 4) is 0 Å². The van der Waals surface area contributed by atoms with Crippen molar-refractivity contribution in [2.24, 2.45) is 0 Å². The largest absolute Gasteiger partial charge is 0.410 e. The molecule has 0 amide bonds. The maximum atomic E-state index is 13.8. The van der Waals surface area contributed by atoms with Crippen molar-refractivity contribution in [1.29, 1.82) is 0 Å². The molecule has 29 heavy (non-hydrogen) atoms. The summed E-state index contributed by atoms with van der Waals surface area (Å²) in [6.45, 7) is 8.90. The van der Waals surface area contributed by atoms with Gasteiger partial charge in [0.15, 0.2) is 8.32 Å². The third-order valence-electron chi connectivity index (χ3n) is 7.47. The summed E-state index contributed by atoms with van der Waals surface area (Å²) in [6.07, 6.45) is 7.33. The van der Waals surface area contributed by atoms with Crippen molar-refractivity contribution in [1.82, 2.24) is 0 Å². The van der Waals surface area contributed by atoms with Crippen molar-refractivity contribution >= 4 is 31.5 Å². The second-order valence-electron chi connectivity index (χ2n) is 9.26. The van der Waals surface area contributed by atoms with Crippen molar-refractivity contribution < 1.29 is 13.6 Å². The summed E-state index contributed by atoms with van der Waals surface area (Å²) >= 11 is 12.9. The molecular formula is C23H35Cl2FO2Si. The van der Waals surface area contributed by atoms with Crippen LogP contribution in [0.4, 0.5) is 4.39 Å². The zero-order chi connectivity index (χ0) is 21.3. The van der Waals surface area contributed by atoms with Gasteiger partial charge < -0.3 is 9.16 Å². The van der Waals surface area contributed by atoms with Gasteiger partial charge in [-0.3, -0.25) is 0 Å². The van der Waals surface area contributed by atoms with Crippen LogP contribution in [0.1, 0.15) is 84.3 Å². The second kappa shape index (κ2) is 9.16. The maximum absolute atomic E-state index is 13.8. The lowest BCUT2D eigenvalue weighted by atomic mass is 9.80. The first-order valence-electron chi connectivity index (χ1n) is 11.2. The molecule has 0 spiro atoms. The summed E-state index contributed by atoms with van der Waals surface area (Å²) < 4.78 is 27.1. The van der Waals surface area contributed by atoms with E-state index in [9.17, 15) is 4.39 Å². The summed E-state index contributed by atoms with van der Waals surface area (Å²) in [5.41, 5.74) is 0.890. The number of hydrogen-bond acceptors (Lipinski definition) is 2. The molecule has 2 heterocycles. The lowest BCUT2D eigenvalue weighted by Crippen LogP contribution is -2.37. The van der Waals surface area contributed by atoms with E-state index in [1.165, 1.54) is 25.0 Å². The Hall–Kier alpha value is -0.133. The SMILES string of the molecule is CC[Si](CC)(CC)OC(CCCC12CCC(C)(CC1)O2)c1c(Cl)cc(F)cc1Cl. The molecule has 0 aliphatic carbocycles. The zero-order valence-corrected chi connectivity index (χ0v) is 20.8. The smallest absolute Gasteiger partial charge is 0.192 e. The molecule has 3 rings (SSSR count). The van der Waals surface area contributed by atoms with Gasteiger partial charge in [-0.2, -0.15) is 0 Å². The van der Waals surface area contributed by atoms with Crippen LogP contribution in [0.2, 0.25) is 28.2 Å². The molecule has 0 radical (unpaired) electrons. The Kier molecular flexibility index (Phi) is 7.43. The van der Waals surface area contributed by atoms with Crippen LogP contribution in [-0.4, -0.2) is 19.5 Å². The fourth-order valence-electron chi connectivity index (χ4n) is 5.30. The van der Waals surface area contributed by atoms with E-state index in [0.29, 0.717) is 10.0 Å². The predicted octanol–water partition coefficient (Wildman–Crippen LogP) is 8.47. The highest BCUT2D eigenvalue weighted by Crippen LogP contribution is 2.53. The molecule has 0 aromatic heterocycles. The molecule has 1 unspecified atom stereocenters. The molecule has 164 valence electrons. The van der Waals surface area contributed by atoms with E-state index < -0.39 is 14.1 Å². The first-order valence-corrected chi connectivity index (χ1v) is 14.5. The topological polar surface area (TPSA) is 18.5 Å². The van der Waals surface area contributed by atoms with Gasteiger partial charge in [0.25, 0.3) is 0 Å². The van der Waals surface area contributed by atoms with E-state index in [0.717, 1.165) is 55.8 Å². The van der Waals surface area contributed by atoms with Gasteiger partial charge in [0.05, 0.1) is 27.4 Å². The molecule has 2 fully saturated rings. The Bertz CT molecular complexity index is 684. The van der Waals surface area contributed by atoms with Crippen LogP contribution in [0.15, 0.2) is 12.1 Å². The molecule has 1 aromatic rings. The fourth-order valence-corrected chi connectivity index (χ4v) is 8.84. The number of halogens is 3. The second-order valence-corrected chi connectivity index (χ2v) is 14.8. The summed E-state index contributed by atoms with van der Waals surface area (Å²) in [7, 11) is -1.88. The maximum Gasteiger partial charge on any atom is 0.192 e.